The first-order chi connectivity index (χ1) is 14.2. The molecule has 0 saturated carbocycles. The summed E-state index contributed by atoms with van der Waals surface area (Å²) in [4.78, 5) is 31.8. The Balaban J connectivity index is 1.24. The number of rotatable bonds is 7. The molecule has 0 atom stereocenters. The normalized spacial score (nSPS) is 10.8. The van der Waals surface area contributed by atoms with Crippen LogP contribution in [0.4, 0.5) is 5.69 Å². The molecular formula is C22H20N4O3. The van der Waals surface area contributed by atoms with Crippen molar-refractivity contribution in [2.45, 2.75) is 19.4 Å². The topological polar surface area (TPSA) is 100 Å². The molecule has 0 aliphatic carbocycles. The molecule has 0 aliphatic rings. The van der Waals surface area contributed by atoms with Gasteiger partial charge in [-0.3, -0.25) is 9.59 Å². The Bertz CT molecular complexity index is 1080. The van der Waals surface area contributed by atoms with Gasteiger partial charge in [0.1, 0.15) is 5.82 Å². The second-order valence-electron chi connectivity index (χ2n) is 6.61. The fraction of sp³-hybridized carbons (Fsp3) is 0.136. The van der Waals surface area contributed by atoms with Gasteiger partial charge in [-0.2, -0.15) is 0 Å². The number of H-pyrrole nitrogens is 1. The van der Waals surface area contributed by atoms with Crippen molar-refractivity contribution in [3.8, 4) is 0 Å². The van der Waals surface area contributed by atoms with Gasteiger partial charge in [0.15, 0.2) is 5.76 Å². The molecule has 146 valence electrons. The van der Waals surface area contributed by atoms with Crippen molar-refractivity contribution in [3.05, 3.63) is 84.1 Å². The monoisotopic (exact) mass is 388 g/mol. The lowest BCUT2D eigenvalue weighted by molar-refractivity contribution is -0.121. The number of imidazole rings is 1. The molecular weight excluding hydrogens is 368 g/mol. The summed E-state index contributed by atoms with van der Waals surface area (Å²) in [7, 11) is 0. The Morgan fingerprint density at radius 2 is 1.83 bits per heavy atom. The van der Waals surface area contributed by atoms with Crippen molar-refractivity contribution in [3.63, 3.8) is 0 Å². The third kappa shape index (κ3) is 4.70. The van der Waals surface area contributed by atoms with Gasteiger partial charge >= 0.3 is 0 Å². The number of aromatic amines is 1. The number of carbonyl (C=O) groups is 2. The zero-order chi connectivity index (χ0) is 20.1. The molecule has 7 heteroatoms. The molecule has 2 aromatic heterocycles. The van der Waals surface area contributed by atoms with Crippen molar-refractivity contribution in [1.82, 2.24) is 15.3 Å². The van der Waals surface area contributed by atoms with E-state index in [1.165, 1.54) is 6.26 Å². The molecule has 2 aromatic carbocycles. The van der Waals surface area contributed by atoms with Gasteiger partial charge in [0, 0.05) is 25.1 Å². The number of carbonyl (C=O) groups excluding carboxylic acids is 2. The summed E-state index contributed by atoms with van der Waals surface area (Å²) in [5, 5.41) is 5.66. The zero-order valence-corrected chi connectivity index (χ0v) is 15.6. The first-order valence-corrected chi connectivity index (χ1v) is 9.31. The lowest BCUT2D eigenvalue weighted by Gasteiger charge is -2.07. The van der Waals surface area contributed by atoms with Gasteiger partial charge in [0.25, 0.3) is 5.91 Å². The van der Waals surface area contributed by atoms with E-state index in [1.807, 2.05) is 36.4 Å². The number of aryl methyl sites for hydroxylation is 1. The van der Waals surface area contributed by atoms with Gasteiger partial charge in [-0.25, -0.2) is 4.98 Å². The van der Waals surface area contributed by atoms with Gasteiger partial charge < -0.3 is 20.0 Å². The standard InChI is InChI=1S/C22H20N4O3/c27-21(12-11-20-25-17-4-1-2-5-18(17)26-20)23-14-15-7-9-16(10-8-15)24-22(28)19-6-3-13-29-19/h1-10,13H,11-12,14H2,(H,23,27)(H,24,28)(H,25,26). The Labute approximate surface area is 167 Å². The van der Waals surface area contributed by atoms with Gasteiger partial charge in [-0.1, -0.05) is 24.3 Å². The van der Waals surface area contributed by atoms with Gasteiger partial charge in [0.2, 0.25) is 5.91 Å². The van der Waals surface area contributed by atoms with Crippen LogP contribution in [0.3, 0.4) is 0 Å². The molecule has 2 amide bonds. The Morgan fingerprint density at radius 1 is 1.00 bits per heavy atom. The maximum atomic E-state index is 12.1. The maximum absolute atomic E-state index is 12.1. The lowest BCUT2D eigenvalue weighted by atomic mass is 10.2. The molecule has 3 N–H and O–H groups in total. The zero-order valence-electron chi connectivity index (χ0n) is 15.6. The van der Waals surface area contributed by atoms with E-state index in [0.29, 0.717) is 25.1 Å². The molecule has 0 fully saturated rings. The van der Waals surface area contributed by atoms with Crippen LogP contribution in [-0.4, -0.2) is 21.8 Å². The predicted octanol–water partition coefficient (Wildman–Crippen LogP) is 3.66. The molecule has 0 radical (unpaired) electrons. The van der Waals surface area contributed by atoms with Crippen LogP contribution in [0.15, 0.2) is 71.3 Å². The second-order valence-corrected chi connectivity index (χ2v) is 6.61. The highest BCUT2D eigenvalue weighted by Crippen LogP contribution is 2.13. The average Bonchev–Trinajstić information content (AvgIpc) is 3.41. The molecule has 4 rings (SSSR count). The second kappa shape index (κ2) is 8.43. The van der Waals surface area contributed by atoms with E-state index in [1.54, 1.807) is 24.3 Å². The van der Waals surface area contributed by atoms with Crippen molar-refractivity contribution >= 4 is 28.5 Å². The number of anilines is 1. The van der Waals surface area contributed by atoms with Crippen LogP contribution in [0.5, 0.6) is 0 Å². The molecule has 0 bridgehead atoms. The molecule has 0 saturated heterocycles. The molecule has 4 aromatic rings. The first-order valence-electron chi connectivity index (χ1n) is 9.31. The number of hydrogen-bond acceptors (Lipinski definition) is 4. The third-order valence-corrected chi connectivity index (χ3v) is 4.47. The van der Waals surface area contributed by atoms with E-state index in [2.05, 4.69) is 20.6 Å². The number of benzene rings is 2. The van der Waals surface area contributed by atoms with Crippen LogP contribution in [0.25, 0.3) is 11.0 Å². The minimum atomic E-state index is -0.304. The molecule has 0 unspecified atom stereocenters. The smallest absolute Gasteiger partial charge is 0.291 e. The number of nitrogens with zero attached hydrogens (tertiary/aromatic N) is 1. The maximum Gasteiger partial charge on any atom is 0.291 e. The van der Waals surface area contributed by atoms with Gasteiger partial charge in [0.05, 0.1) is 17.3 Å². The van der Waals surface area contributed by atoms with Crippen molar-refractivity contribution < 1.29 is 14.0 Å². The fourth-order valence-electron chi connectivity index (χ4n) is 2.95. The summed E-state index contributed by atoms with van der Waals surface area (Å²) < 4.78 is 5.06. The van der Waals surface area contributed by atoms with E-state index in [9.17, 15) is 9.59 Å². The summed E-state index contributed by atoms with van der Waals surface area (Å²) in [6.07, 6.45) is 2.37. The Kier molecular flexibility index (Phi) is 5.38. The summed E-state index contributed by atoms with van der Waals surface area (Å²) in [6.45, 7) is 0.422. The number of nitrogens with one attached hydrogen (secondary N) is 3. The molecule has 0 aliphatic heterocycles. The summed E-state index contributed by atoms with van der Waals surface area (Å²) in [5.74, 6) is 0.714. The number of amides is 2. The van der Waals surface area contributed by atoms with Crippen LogP contribution in [0.1, 0.15) is 28.4 Å². The summed E-state index contributed by atoms with van der Waals surface area (Å²) in [5.41, 5.74) is 3.48. The van der Waals surface area contributed by atoms with Crippen molar-refractivity contribution in [1.29, 1.82) is 0 Å². The Morgan fingerprint density at radius 3 is 2.59 bits per heavy atom. The van der Waals surface area contributed by atoms with E-state index < -0.39 is 0 Å². The highest BCUT2D eigenvalue weighted by molar-refractivity contribution is 6.02. The van der Waals surface area contributed by atoms with Crippen LogP contribution in [-0.2, 0) is 17.8 Å². The summed E-state index contributed by atoms with van der Waals surface area (Å²) in [6, 6.07) is 18.3. The number of para-hydroxylation sites is 2. The number of fused-ring (bicyclic) bond motifs is 1. The van der Waals surface area contributed by atoms with E-state index in [4.69, 9.17) is 4.42 Å². The third-order valence-electron chi connectivity index (χ3n) is 4.47. The highest BCUT2D eigenvalue weighted by atomic mass is 16.3. The minimum Gasteiger partial charge on any atom is -0.459 e. The molecule has 7 nitrogen and oxygen atoms in total. The van der Waals surface area contributed by atoms with Gasteiger partial charge in [-0.15, -0.1) is 0 Å². The number of hydrogen-bond donors (Lipinski definition) is 3. The fourth-order valence-corrected chi connectivity index (χ4v) is 2.95. The quantitative estimate of drug-likeness (QED) is 0.450. The average molecular weight is 388 g/mol. The number of aromatic nitrogens is 2. The van der Waals surface area contributed by atoms with Gasteiger partial charge in [-0.05, 0) is 42.0 Å². The highest BCUT2D eigenvalue weighted by Gasteiger charge is 2.09. The predicted molar refractivity (Wildman–Crippen MR) is 109 cm³/mol. The molecule has 29 heavy (non-hydrogen) atoms. The van der Waals surface area contributed by atoms with E-state index in [0.717, 1.165) is 22.4 Å². The SMILES string of the molecule is O=C(CCc1nc2ccccc2[nH]1)NCc1ccc(NC(=O)c2ccco2)cc1. The molecule has 0 spiro atoms. The lowest BCUT2D eigenvalue weighted by Crippen LogP contribution is -2.23. The van der Waals surface area contributed by atoms with E-state index >= 15 is 0 Å². The Hall–Kier alpha value is -3.87. The molecule has 2 heterocycles. The minimum absolute atomic E-state index is 0.0411. The van der Waals surface area contributed by atoms with Crippen LogP contribution >= 0.6 is 0 Å². The van der Waals surface area contributed by atoms with Crippen molar-refractivity contribution in [2.24, 2.45) is 0 Å². The number of furan rings is 1. The van der Waals surface area contributed by atoms with Crippen LogP contribution in [0, 0.1) is 0 Å². The van der Waals surface area contributed by atoms with Crippen molar-refractivity contribution in [2.75, 3.05) is 5.32 Å². The van der Waals surface area contributed by atoms with Crippen LogP contribution < -0.4 is 10.6 Å². The first kappa shape index (κ1) is 18.5. The largest absolute Gasteiger partial charge is 0.459 e. The summed E-state index contributed by atoms with van der Waals surface area (Å²) >= 11 is 0. The van der Waals surface area contributed by atoms with Crippen LogP contribution in [0.2, 0.25) is 0 Å². The van der Waals surface area contributed by atoms with E-state index in [-0.39, 0.29) is 17.6 Å².